The van der Waals surface area contributed by atoms with E-state index in [9.17, 15) is 9.59 Å². The van der Waals surface area contributed by atoms with Crippen LogP contribution in [0, 0.1) is 0 Å². The third-order valence-corrected chi connectivity index (χ3v) is 3.45. The molecule has 2 amide bonds. The van der Waals surface area contributed by atoms with E-state index in [0.717, 1.165) is 11.3 Å². The predicted octanol–water partition coefficient (Wildman–Crippen LogP) is 1.47. The van der Waals surface area contributed by atoms with Crippen molar-refractivity contribution in [1.29, 1.82) is 0 Å². The summed E-state index contributed by atoms with van der Waals surface area (Å²) in [6, 6.07) is 5.25. The highest BCUT2D eigenvalue weighted by atomic mass is 16.5. The molecule has 2 N–H and O–H groups in total. The Morgan fingerprint density at radius 3 is 2.48 bits per heavy atom. The number of rotatable bonds is 8. The second-order valence-corrected chi connectivity index (χ2v) is 5.08. The number of carbonyl (C=O) groups is 2. The maximum absolute atomic E-state index is 11.9. The minimum Gasteiger partial charge on any atom is -0.497 e. The summed E-state index contributed by atoms with van der Waals surface area (Å²) in [6.45, 7) is 2.42. The number of hydrogen-bond acceptors (Lipinski definition) is 5. The molecule has 0 aliphatic heterocycles. The molecular weight excluding hydrogens is 322 g/mol. The van der Waals surface area contributed by atoms with Gasteiger partial charge in [-0.2, -0.15) is 0 Å². The third kappa shape index (κ3) is 6.66. The number of nitrogens with one attached hydrogen (secondary N) is 2. The van der Waals surface area contributed by atoms with Crippen molar-refractivity contribution in [3.8, 4) is 11.5 Å². The van der Waals surface area contributed by atoms with Crippen molar-refractivity contribution < 1.29 is 19.1 Å². The van der Waals surface area contributed by atoms with Crippen LogP contribution < -0.4 is 20.1 Å². The van der Waals surface area contributed by atoms with Gasteiger partial charge in [-0.3, -0.25) is 14.6 Å². The third-order valence-electron chi connectivity index (χ3n) is 3.45. The molecule has 1 aromatic rings. The molecule has 0 fully saturated rings. The van der Waals surface area contributed by atoms with E-state index < -0.39 is 11.8 Å². The highest BCUT2D eigenvalue weighted by Gasteiger charge is 2.14. The van der Waals surface area contributed by atoms with Gasteiger partial charge in [-0.15, -0.1) is 0 Å². The molecule has 0 heterocycles. The van der Waals surface area contributed by atoms with Crippen LogP contribution in [-0.4, -0.2) is 45.3 Å². The molecule has 0 aliphatic rings. The van der Waals surface area contributed by atoms with Crippen molar-refractivity contribution in [3.05, 3.63) is 35.9 Å². The van der Waals surface area contributed by atoms with Gasteiger partial charge < -0.3 is 20.1 Å². The van der Waals surface area contributed by atoms with E-state index >= 15 is 0 Å². The highest BCUT2D eigenvalue weighted by molar-refractivity contribution is 6.35. The van der Waals surface area contributed by atoms with E-state index in [1.54, 1.807) is 32.4 Å². The molecule has 0 unspecified atom stereocenters. The summed E-state index contributed by atoms with van der Waals surface area (Å²) >= 11 is 0. The minimum absolute atomic E-state index is 0.180. The second-order valence-electron chi connectivity index (χ2n) is 5.08. The molecule has 1 rings (SSSR count). The van der Waals surface area contributed by atoms with Crippen LogP contribution in [0.4, 0.5) is 0 Å². The average Bonchev–Trinajstić information content (AvgIpc) is 2.64. The Balaban J connectivity index is 2.50. The maximum Gasteiger partial charge on any atom is 0.309 e. The Morgan fingerprint density at radius 1 is 1.16 bits per heavy atom. The van der Waals surface area contributed by atoms with Crippen molar-refractivity contribution in [3.63, 3.8) is 0 Å². The number of benzene rings is 1. The summed E-state index contributed by atoms with van der Waals surface area (Å²) in [5, 5.41) is 5.14. The van der Waals surface area contributed by atoms with E-state index in [2.05, 4.69) is 15.6 Å². The number of nitrogens with zero attached hydrogens (tertiary/aromatic N) is 1. The summed E-state index contributed by atoms with van der Waals surface area (Å²) in [7, 11) is 4.78. The summed E-state index contributed by atoms with van der Waals surface area (Å²) in [5.74, 6) is -0.142. The number of hydrogen-bond donors (Lipinski definition) is 2. The number of allylic oxidation sites excluding steroid dienone is 2. The molecule has 0 bridgehead atoms. The molecule has 0 aliphatic carbocycles. The smallest absolute Gasteiger partial charge is 0.309 e. The summed E-state index contributed by atoms with van der Waals surface area (Å²) in [6.07, 6.45) is 4.30. The maximum atomic E-state index is 11.9. The lowest BCUT2D eigenvalue weighted by Gasteiger charge is -2.11. The summed E-state index contributed by atoms with van der Waals surface area (Å²) in [5.41, 5.74) is 1.60. The lowest BCUT2D eigenvalue weighted by Crippen LogP contribution is -2.40. The zero-order chi connectivity index (χ0) is 18.7. The van der Waals surface area contributed by atoms with Crippen molar-refractivity contribution in [2.75, 3.05) is 27.8 Å². The Bertz CT molecular complexity index is 654. The number of ether oxygens (including phenoxy) is 2. The lowest BCUT2D eigenvalue weighted by atomic mass is 10.2. The summed E-state index contributed by atoms with van der Waals surface area (Å²) in [4.78, 5) is 27.8. The molecule has 0 spiro atoms. The second kappa shape index (κ2) is 10.9. The largest absolute Gasteiger partial charge is 0.497 e. The first kappa shape index (κ1) is 20.2. The van der Waals surface area contributed by atoms with Gasteiger partial charge in [0.25, 0.3) is 0 Å². The van der Waals surface area contributed by atoms with Gasteiger partial charge in [-0.25, -0.2) is 0 Å². The average molecular weight is 347 g/mol. The minimum atomic E-state index is -0.695. The van der Waals surface area contributed by atoms with Gasteiger partial charge in [0.15, 0.2) is 0 Å². The molecule has 0 saturated heterocycles. The Morgan fingerprint density at radius 2 is 1.88 bits per heavy atom. The zero-order valence-corrected chi connectivity index (χ0v) is 15.1. The van der Waals surface area contributed by atoms with Gasteiger partial charge in [0.05, 0.1) is 14.2 Å². The van der Waals surface area contributed by atoms with Crippen LogP contribution >= 0.6 is 0 Å². The standard InChI is InChI=1S/C18H25N3O4/c1-5-6-14(19-2)9-10-20-17(22)18(23)21-12-13-7-8-15(24-3)11-16(13)25-4/h5-8,11H,9-10,12H2,1-4H3,(H,20,22)(H,21,23)/b6-5-,19-14?. The van der Waals surface area contributed by atoms with Gasteiger partial charge >= 0.3 is 11.8 Å². The predicted molar refractivity (Wildman–Crippen MR) is 97.2 cm³/mol. The van der Waals surface area contributed by atoms with Crippen molar-refractivity contribution in [1.82, 2.24) is 10.6 Å². The number of methoxy groups -OCH3 is 2. The Hall–Kier alpha value is -2.83. The molecular formula is C18H25N3O4. The van der Waals surface area contributed by atoms with Crippen LogP contribution in [0.25, 0.3) is 0 Å². The van der Waals surface area contributed by atoms with E-state index in [1.165, 1.54) is 7.11 Å². The molecule has 0 saturated carbocycles. The first-order valence-corrected chi connectivity index (χ1v) is 7.91. The van der Waals surface area contributed by atoms with Crippen LogP contribution in [0.1, 0.15) is 18.9 Å². The van der Waals surface area contributed by atoms with Crippen LogP contribution in [-0.2, 0) is 16.1 Å². The first-order chi connectivity index (χ1) is 12.0. The van der Waals surface area contributed by atoms with Gasteiger partial charge in [0.1, 0.15) is 11.5 Å². The SMILES string of the molecule is C/C=C\C(CCNC(=O)C(=O)NCc1ccc(OC)cc1OC)=NC. The van der Waals surface area contributed by atoms with E-state index in [1.807, 2.05) is 19.1 Å². The number of carbonyl (C=O) groups excluding carboxylic acids is 2. The van der Waals surface area contributed by atoms with Crippen molar-refractivity contribution in [2.45, 2.75) is 19.9 Å². The number of aliphatic imine (C=N–C) groups is 1. The van der Waals surface area contributed by atoms with Crippen LogP contribution in [0.2, 0.25) is 0 Å². The van der Waals surface area contributed by atoms with Crippen LogP contribution in [0.15, 0.2) is 35.3 Å². The Kier molecular flexibility index (Phi) is 8.78. The zero-order valence-electron chi connectivity index (χ0n) is 15.1. The van der Waals surface area contributed by atoms with Gasteiger partial charge in [-0.1, -0.05) is 6.08 Å². The number of amides is 2. The van der Waals surface area contributed by atoms with Crippen LogP contribution in [0.3, 0.4) is 0 Å². The van der Waals surface area contributed by atoms with Gasteiger partial charge in [0, 0.05) is 43.9 Å². The molecule has 136 valence electrons. The van der Waals surface area contributed by atoms with E-state index in [0.29, 0.717) is 24.5 Å². The topological polar surface area (TPSA) is 89.0 Å². The molecule has 0 atom stereocenters. The van der Waals surface area contributed by atoms with Gasteiger partial charge in [-0.05, 0) is 25.1 Å². The van der Waals surface area contributed by atoms with Crippen molar-refractivity contribution >= 4 is 17.5 Å². The van der Waals surface area contributed by atoms with Crippen LogP contribution in [0.5, 0.6) is 11.5 Å². The molecule has 7 heteroatoms. The van der Waals surface area contributed by atoms with E-state index in [4.69, 9.17) is 9.47 Å². The fraction of sp³-hybridized carbons (Fsp3) is 0.389. The molecule has 1 aromatic carbocycles. The molecule has 7 nitrogen and oxygen atoms in total. The molecule has 0 radical (unpaired) electrons. The molecule has 25 heavy (non-hydrogen) atoms. The van der Waals surface area contributed by atoms with Gasteiger partial charge in [0.2, 0.25) is 0 Å². The lowest BCUT2D eigenvalue weighted by molar-refractivity contribution is -0.139. The fourth-order valence-electron chi connectivity index (χ4n) is 2.10. The fourth-order valence-corrected chi connectivity index (χ4v) is 2.10. The summed E-state index contributed by atoms with van der Waals surface area (Å²) < 4.78 is 10.4. The molecule has 0 aromatic heterocycles. The van der Waals surface area contributed by atoms with Crippen molar-refractivity contribution in [2.24, 2.45) is 4.99 Å². The first-order valence-electron chi connectivity index (χ1n) is 7.91. The normalized spacial score (nSPS) is 11.3. The monoisotopic (exact) mass is 347 g/mol. The van der Waals surface area contributed by atoms with E-state index in [-0.39, 0.29) is 6.54 Å². The highest BCUT2D eigenvalue weighted by Crippen LogP contribution is 2.24. The Labute approximate surface area is 148 Å². The quantitative estimate of drug-likeness (QED) is 0.550.